The van der Waals surface area contributed by atoms with E-state index in [-0.39, 0.29) is 17.9 Å². The number of nitrogens with one attached hydrogen (secondary N) is 1. The van der Waals surface area contributed by atoms with Crippen molar-refractivity contribution in [2.45, 2.75) is 32.7 Å². The fourth-order valence-electron chi connectivity index (χ4n) is 4.13. The monoisotopic (exact) mass is 522 g/mol. The molecular formula is C31H30N4O2S. The molecule has 1 heterocycles. The highest BCUT2D eigenvalue weighted by Gasteiger charge is 2.17. The van der Waals surface area contributed by atoms with Crippen LogP contribution in [0.3, 0.4) is 0 Å². The van der Waals surface area contributed by atoms with E-state index in [4.69, 9.17) is 5.53 Å². The zero-order valence-corrected chi connectivity index (χ0v) is 22.3. The molecule has 192 valence electrons. The molecule has 6 nitrogen and oxygen atoms in total. The van der Waals surface area contributed by atoms with Crippen molar-refractivity contribution in [2.75, 3.05) is 6.54 Å². The van der Waals surface area contributed by atoms with Gasteiger partial charge in [-0.1, -0.05) is 79.7 Å². The summed E-state index contributed by atoms with van der Waals surface area (Å²) in [5.74, 6) is 0.326. The topological polar surface area (TPSA) is 94.9 Å². The molecule has 0 spiro atoms. The summed E-state index contributed by atoms with van der Waals surface area (Å²) in [6, 6.07) is 20.0. The Kier molecular flexibility index (Phi) is 9.09. The van der Waals surface area contributed by atoms with E-state index in [1.54, 1.807) is 18.2 Å². The molecular weight excluding hydrogens is 492 g/mol. The molecule has 1 unspecified atom stereocenters. The molecule has 0 saturated carbocycles. The molecule has 4 rings (SSSR count). The first kappa shape index (κ1) is 26.9. The average Bonchev–Trinajstić information content (AvgIpc) is 2.93. The second kappa shape index (κ2) is 12.9. The van der Waals surface area contributed by atoms with Crippen LogP contribution in [0.2, 0.25) is 0 Å². The van der Waals surface area contributed by atoms with E-state index in [2.05, 4.69) is 53.5 Å². The molecule has 0 bridgehead atoms. The van der Waals surface area contributed by atoms with Crippen molar-refractivity contribution in [3.63, 3.8) is 0 Å². The van der Waals surface area contributed by atoms with Gasteiger partial charge in [-0.15, -0.1) is 11.3 Å². The van der Waals surface area contributed by atoms with Crippen LogP contribution in [-0.4, -0.2) is 12.5 Å². The minimum absolute atomic E-state index is 0.0746. The molecule has 0 saturated heterocycles. The SMILES string of the molecule is CC(C)C/C=C\C/C=C/c1ccc(C(CN=[N+]=[N-])NC(=O)c2ccc3sc4ccccc4c(=O)c3c2)cc1. The maximum Gasteiger partial charge on any atom is 0.251 e. The zero-order valence-electron chi connectivity index (χ0n) is 21.5. The van der Waals surface area contributed by atoms with Gasteiger partial charge < -0.3 is 5.32 Å². The average molecular weight is 523 g/mol. The molecule has 4 aromatic rings. The number of benzene rings is 3. The van der Waals surface area contributed by atoms with Gasteiger partial charge in [-0.05, 0) is 65.7 Å². The normalized spacial score (nSPS) is 12.4. The highest BCUT2D eigenvalue weighted by Crippen LogP contribution is 2.25. The lowest BCUT2D eigenvalue weighted by Crippen LogP contribution is -2.30. The Labute approximate surface area is 226 Å². The maximum absolute atomic E-state index is 13.2. The number of allylic oxidation sites excluding steroid dienone is 3. The lowest BCUT2D eigenvalue weighted by molar-refractivity contribution is 0.0938. The van der Waals surface area contributed by atoms with E-state index < -0.39 is 6.04 Å². The van der Waals surface area contributed by atoms with Crippen LogP contribution in [0, 0.1) is 5.92 Å². The number of hydrogen-bond donors (Lipinski definition) is 1. The number of nitrogens with zero attached hydrogens (tertiary/aromatic N) is 3. The molecule has 1 N–H and O–H groups in total. The third-order valence-corrected chi connectivity index (χ3v) is 7.32. The van der Waals surface area contributed by atoms with Crippen molar-refractivity contribution in [2.24, 2.45) is 11.0 Å². The summed E-state index contributed by atoms with van der Waals surface area (Å²) in [7, 11) is 0. The Morgan fingerprint density at radius 1 is 1.00 bits per heavy atom. The molecule has 1 aromatic heterocycles. The summed E-state index contributed by atoms with van der Waals surface area (Å²) in [6.45, 7) is 4.47. The Morgan fingerprint density at radius 3 is 2.53 bits per heavy atom. The van der Waals surface area contributed by atoms with E-state index in [1.807, 2.05) is 48.5 Å². The van der Waals surface area contributed by atoms with Gasteiger partial charge in [-0.3, -0.25) is 9.59 Å². The first-order valence-corrected chi connectivity index (χ1v) is 13.5. The Hall–Kier alpha value is -4.19. The molecule has 0 aliphatic rings. The second-order valence-corrected chi connectivity index (χ2v) is 10.6. The molecule has 0 aliphatic carbocycles. The third kappa shape index (κ3) is 6.76. The van der Waals surface area contributed by atoms with Gasteiger partial charge in [-0.2, -0.15) is 0 Å². The molecule has 0 radical (unpaired) electrons. The van der Waals surface area contributed by atoms with E-state index in [1.165, 1.54) is 11.3 Å². The minimum atomic E-state index is -0.503. The largest absolute Gasteiger partial charge is 0.345 e. The second-order valence-electron chi connectivity index (χ2n) is 9.48. The summed E-state index contributed by atoms with van der Waals surface area (Å²) in [6.07, 6.45) is 10.5. The van der Waals surface area contributed by atoms with Crippen molar-refractivity contribution in [1.82, 2.24) is 5.32 Å². The van der Waals surface area contributed by atoms with Gasteiger partial charge in [0.1, 0.15) is 0 Å². The molecule has 38 heavy (non-hydrogen) atoms. The lowest BCUT2D eigenvalue weighted by Gasteiger charge is -2.18. The van der Waals surface area contributed by atoms with Crippen LogP contribution in [0.4, 0.5) is 0 Å². The van der Waals surface area contributed by atoms with Crippen molar-refractivity contribution in [3.8, 4) is 0 Å². The van der Waals surface area contributed by atoms with Gasteiger partial charge in [0.05, 0.1) is 12.6 Å². The standard InChI is InChI=1S/C31H30N4O2S/c1-21(2)9-5-3-4-6-10-22-13-15-23(16-14-22)27(20-33-35-32)34-31(37)24-17-18-29-26(19-24)30(36)25-11-7-8-12-28(25)38-29/h3,5-8,10-19,21,27H,4,9,20H2,1-2H3,(H,34,37)/b5-3-,10-6+. The summed E-state index contributed by atoms with van der Waals surface area (Å²) >= 11 is 1.52. The van der Waals surface area contributed by atoms with E-state index in [0.29, 0.717) is 22.3 Å². The minimum Gasteiger partial charge on any atom is -0.345 e. The Morgan fingerprint density at radius 2 is 1.76 bits per heavy atom. The van der Waals surface area contributed by atoms with Gasteiger partial charge in [0, 0.05) is 30.6 Å². The van der Waals surface area contributed by atoms with Gasteiger partial charge >= 0.3 is 0 Å². The van der Waals surface area contributed by atoms with E-state index in [0.717, 1.165) is 33.4 Å². The number of fused-ring (bicyclic) bond motifs is 2. The highest BCUT2D eigenvalue weighted by atomic mass is 32.1. The number of rotatable bonds is 10. The summed E-state index contributed by atoms with van der Waals surface area (Å²) in [4.78, 5) is 29.1. The number of hydrogen-bond acceptors (Lipinski definition) is 4. The Balaban J connectivity index is 1.50. The van der Waals surface area contributed by atoms with Crippen molar-refractivity contribution in [1.29, 1.82) is 0 Å². The lowest BCUT2D eigenvalue weighted by atomic mass is 10.0. The first-order chi connectivity index (χ1) is 18.5. The smallest absolute Gasteiger partial charge is 0.251 e. The number of carbonyl (C=O) groups is 1. The number of amides is 1. The van der Waals surface area contributed by atoms with Crippen LogP contribution in [0.15, 0.2) is 94.9 Å². The van der Waals surface area contributed by atoms with Crippen molar-refractivity contribution < 1.29 is 4.79 Å². The van der Waals surface area contributed by atoms with Gasteiger partial charge in [0.2, 0.25) is 0 Å². The summed E-state index contributed by atoms with van der Waals surface area (Å²) < 4.78 is 1.74. The predicted octanol–water partition coefficient (Wildman–Crippen LogP) is 8.20. The molecule has 1 atom stereocenters. The number of azide groups is 1. The quantitative estimate of drug-likeness (QED) is 0.0747. The van der Waals surface area contributed by atoms with Crippen LogP contribution in [0.1, 0.15) is 54.2 Å². The Bertz CT molecular complexity index is 1600. The molecule has 1 amide bonds. The summed E-state index contributed by atoms with van der Waals surface area (Å²) in [5, 5.41) is 7.83. The maximum atomic E-state index is 13.2. The van der Waals surface area contributed by atoms with Gasteiger partial charge in [0.25, 0.3) is 5.91 Å². The van der Waals surface area contributed by atoms with Gasteiger partial charge in [0.15, 0.2) is 5.43 Å². The van der Waals surface area contributed by atoms with Crippen LogP contribution in [-0.2, 0) is 0 Å². The number of carbonyl (C=O) groups excluding carboxylic acids is 1. The fraction of sp³-hybridized carbons (Fsp3) is 0.226. The third-order valence-electron chi connectivity index (χ3n) is 6.17. The molecule has 0 fully saturated rings. The van der Waals surface area contributed by atoms with E-state index in [9.17, 15) is 9.59 Å². The van der Waals surface area contributed by atoms with Crippen molar-refractivity contribution in [3.05, 3.63) is 122 Å². The van der Waals surface area contributed by atoms with Crippen LogP contribution < -0.4 is 10.7 Å². The predicted molar refractivity (Wildman–Crippen MR) is 159 cm³/mol. The highest BCUT2D eigenvalue weighted by molar-refractivity contribution is 7.24. The van der Waals surface area contributed by atoms with Gasteiger partial charge in [-0.25, -0.2) is 0 Å². The first-order valence-electron chi connectivity index (χ1n) is 12.6. The zero-order chi connectivity index (χ0) is 26.9. The molecule has 7 heteroatoms. The van der Waals surface area contributed by atoms with Crippen LogP contribution in [0.5, 0.6) is 0 Å². The molecule has 0 aliphatic heterocycles. The molecule has 3 aromatic carbocycles. The van der Waals surface area contributed by atoms with Crippen LogP contribution >= 0.6 is 11.3 Å². The van der Waals surface area contributed by atoms with Crippen LogP contribution in [0.25, 0.3) is 36.7 Å². The summed E-state index contributed by atoms with van der Waals surface area (Å²) in [5.41, 5.74) is 11.1. The fourth-order valence-corrected chi connectivity index (χ4v) is 5.18. The van der Waals surface area contributed by atoms with E-state index >= 15 is 0 Å². The van der Waals surface area contributed by atoms with Crippen molar-refractivity contribution >= 4 is 43.5 Å².